The minimum Gasteiger partial charge on any atom is -0.380 e. The molecule has 2 saturated heterocycles. The molecule has 5 aromatic heterocycles. The van der Waals surface area contributed by atoms with Crippen molar-refractivity contribution < 1.29 is 28.5 Å². The third-order valence-corrected chi connectivity index (χ3v) is 11.4. The highest BCUT2D eigenvalue weighted by Crippen LogP contribution is 2.39. The Bertz CT molecular complexity index is 2780. The molecule has 20 nitrogen and oxygen atoms in total. The lowest BCUT2D eigenvalue weighted by Gasteiger charge is -2.37. The molecule has 9 rings (SSSR count). The average Bonchev–Trinajstić information content (AvgIpc) is 4.00. The van der Waals surface area contributed by atoms with E-state index in [0.29, 0.717) is 59.1 Å². The first-order chi connectivity index (χ1) is 28.4. The van der Waals surface area contributed by atoms with Gasteiger partial charge in [0.05, 0.1) is 35.5 Å². The summed E-state index contributed by atoms with van der Waals surface area (Å²) in [6.07, 6.45) is 6.19. The second-order valence-electron chi connectivity index (χ2n) is 15.3. The summed E-state index contributed by atoms with van der Waals surface area (Å²) >= 11 is 0. The molecule has 1 aromatic carbocycles. The molecule has 304 valence electrons. The van der Waals surface area contributed by atoms with Gasteiger partial charge in [-0.3, -0.25) is 44.0 Å². The van der Waals surface area contributed by atoms with Crippen LogP contribution < -0.4 is 26.7 Å². The van der Waals surface area contributed by atoms with Crippen LogP contribution in [0.5, 0.6) is 0 Å². The van der Waals surface area contributed by atoms with E-state index >= 15 is 0 Å². The number of nitrogens with two attached hydrogens (primary N) is 2. The molecule has 0 aliphatic carbocycles. The number of aromatic nitrogens is 10. The van der Waals surface area contributed by atoms with Crippen LogP contribution in [0.25, 0.3) is 27.9 Å². The van der Waals surface area contributed by atoms with E-state index < -0.39 is 23.6 Å². The van der Waals surface area contributed by atoms with E-state index in [0.717, 1.165) is 43.8 Å². The predicted molar refractivity (Wildman–Crippen MR) is 213 cm³/mol. The lowest BCUT2D eigenvalue weighted by molar-refractivity contribution is -0.606. The SMILES string of the molecule is CCn1nc(C)c2c1C(=O)Nc1nc3cc(C(N)=O)cc(CN4CCC5(COC5)C4)c3n1C/C=C/Cn1c(nc3cc(C(N)=O)cnc31)NC(=O)c1n(CC)nc(C)[n+]1-2. The Labute approximate surface area is 336 Å². The highest BCUT2D eigenvalue weighted by Gasteiger charge is 2.44. The minimum absolute atomic E-state index is 0.123. The van der Waals surface area contributed by atoms with Crippen LogP contribution >= 0.6 is 0 Å². The zero-order chi connectivity index (χ0) is 41.3. The Hall–Kier alpha value is -6.80. The van der Waals surface area contributed by atoms with Gasteiger partial charge < -0.3 is 20.8 Å². The molecule has 59 heavy (non-hydrogen) atoms. The number of hydrogen-bond donors (Lipinski definition) is 4. The van der Waals surface area contributed by atoms with Crippen molar-refractivity contribution >= 4 is 57.7 Å². The number of amides is 4. The van der Waals surface area contributed by atoms with Gasteiger partial charge in [-0.1, -0.05) is 12.2 Å². The van der Waals surface area contributed by atoms with Crippen molar-refractivity contribution in [3.63, 3.8) is 0 Å². The van der Waals surface area contributed by atoms with E-state index in [-0.39, 0.29) is 47.5 Å². The number of anilines is 2. The molecule has 2 fully saturated rings. The number of fused-ring (bicyclic) bond motifs is 9. The summed E-state index contributed by atoms with van der Waals surface area (Å²) in [6, 6.07) is 4.99. The second-order valence-corrected chi connectivity index (χ2v) is 15.3. The highest BCUT2D eigenvalue weighted by atomic mass is 16.5. The molecule has 4 amide bonds. The van der Waals surface area contributed by atoms with Gasteiger partial charge in [0.1, 0.15) is 12.1 Å². The van der Waals surface area contributed by atoms with Gasteiger partial charge >= 0.3 is 11.7 Å². The van der Waals surface area contributed by atoms with E-state index in [4.69, 9.17) is 31.3 Å². The van der Waals surface area contributed by atoms with E-state index in [1.54, 1.807) is 38.4 Å². The van der Waals surface area contributed by atoms with Crippen molar-refractivity contribution in [2.75, 3.05) is 36.9 Å². The van der Waals surface area contributed by atoms with Crippen LogP contribution in [0.3, 0.4) is 0 Å². The lowest BCUT2D eigenvalue weighted by atomic mass is 9.85. The number of rotatable bonds is 6. The summed E-state index contributed by atoms with van der Waals surface area (Å²) in [6.45, 7) is 12.1. The van der Waals surface area contributed by atoms with Gasteiger partial charge in [-0.15, -0.1) is 4.68 Å². The van der Waals surface area contributed by atoms with Crippen LogP contribution in [-0.2, 0) is 37.5 Å². The van der Waals surface area contributed by atoms with Crippen LogP contribution in [0.1, 0.15) is 79.2 Å². The zero-order valence-electron chi connectivity index (χ0n) is 33.2. The maximum Gasteiger partial charge on any atom is 0.331 e. The summed E-state index contributed by atoms with van der Waals surface area (Å²) in [4.78, 5) is 70.5. The summed E-state index contributed by atoms with van der Waals surface area (Å²) in [5, 5.41) is 15.5. The third kappa shape index (κ3) is 6.31. The van der Waals surface area contributed by atoms with Gasteiger partial charge in [-0.05, 0) is 57.5 Å². The zero-order valence-corrected chi connectivity index (χ0v) is 33.2. The molecule has 6 aromatic rings. The van der Waals surface area contributed by atoms with Crippen molar-refractivity contribution in [1.82, 2.24) is 48.5 Å². The number of pyridine rings is 1. The fourth-order valence-electron chi connectivity index (χ4n) is 8.55. The topological polar surface area (TPSA) is 245 Å². The molecular formula is C39H44N15O5+. The number of primary amides is 2. The van der Waals surface area contributed by atoms with Crippen molar-refractivity contribution in [1.29, 1.82) is 0 Å². The van der Waals surface area contributed by atoms with E-state index in [1.807, 2.05) is 36.6 Å². The van der Waals surface area contributed by atoms with Gasteiger partial charge in [0.2, 0.25) is 23.7 Å². The maximum absolute atomic E-state index is 14.8. The molecule has 6 N–H and O–H groups in total. The molecule has 3 aliphatic heterocycles. The number of carbonyl (C=O) groups is 4. The number of benzene rings is 1. The summed E-state index contributed by atoms with van der Waals surface area (Å²) < 4.78 is 14.0. The summed E-state index contributed by atoms with van der Waals surface area (Å²) in [5.74, 6) is -1.37. The van der Waals surface area contributed by atoms with Gasteiger partial charge in [0.15, 0.2) is 17.0 Å². The molecule has 0 atom stereocenters. The molecule has 0 bridgehead atoms. The Kier molecular flexibility index (Phi) is 9.11. The number of allylic oxidation sites excluding steroid dienone is 2. The number of ether oxygens (including phenoxy) is 1. The van der Waals surface area contributed by atoms with Crippen LogP contribution in [0.4, 0.5) is 11.9 Å². The maximum atomic E-state index is 14.8. The number of nitrogens with zero attached hydrogens (tertiary/aromatic N) is 11. The summed E-state index contributed by atoms with van der Waals surface area (Å²) in [7, 11) is 0. The molecule has 20 heteroatoms. The number of carbonyl (C=O) groups excluding carboxylic acids is 4. The quantitative estimate of drug-likeness (QED) is 0.139. The normalized spacial score (nSPS) is 17.3. The minimum atomic E-state index is -0.665. The fourth-order valence-corrected chi connectivity index (χ4v) is 8.55. The molecular weight excluding hydrogens is 759 g/mol. The largest absolute Gasteiger partial charge is 0.380 e. The van der Waals surface area contributed by atoms with Gasteiger partial charge in [-0.25, -0.2) is 15.0 Å². The molecule has 0 unspecified atom stereocenters. The van der Waals surface area contributed by atoms with Gasteiger partial charge in [-0.2, -0.15) is 9.67 Å². The lowest BCUT2D eigenvalue weighted by Crippen LogP contribution is -2.44. The fraction of sp³-hybridized carbons (Fsp3) is 0.385. The van der Waals surface area contributed by atoms with Crippen molar-refractivity contribution in [3.05, 3.63) is 76.3 Å². The number of hydrogen-bond acceptors (Lipinski definition) is 11. The van der Waals surface area contributed by atoms with E-state index in [9.17, 15) is 19.2 Å². The van der Waals surface area contributed by atoms with E-state index in [1.165, 1.54) is 12.3 Å². The van der Waals surface area contributed by atoms with Crippen molar-refractivity contribution in [3.8, 4) is 5.69 Å². The van der Waals surface area contributed by atoms with Crippen LogP contribution in [-0.4, -0.2) is 98.5 Å². The first-order valence-electron chi connectivity index (χ1n) is 19.5. The Morgan fingerprint density at radius 2 is 1.56 bits per heavy atom. The molecule has 1 spiro atoms. The van der Waals surface area contributed by atoms with Crippen LogP contribution in [0.15, 0.2) is 36.5 Å². The number of nitrogens with one attached hydrogen (secondary N) is 2. The first kappa shape index (κ1) is 37.8. The average molecular weight is 803 g/mol. The van der Waals surface area contributed by atoms with Crippen LogP contribution in [0.2, 0.25) is 0 Å². The number of imidazole rings is 2. The third-order valence-electron chi connectivity index (χ3n) is 11.4. The van der Waals surface area contributed by atoms with Crippen LogP contribution in [0, 0.1) is 19.3 Å². The molecule has 0 radical (unpaired) electrons. The highest BCUT2D eigenvalue weighted by molar-refractivity contribution is 6.06. The van der Waals surface area contributed by atoms with Crippen molar-refractivity contribution in [2.24, 2.45) is 16.9 Å². The molecule has 3 aliphatic rings. The number of likely N-dealkylation sites (tertiary alicyclic amines) is 1. The van der Waals surface area contributed by atoms with Crippen molar-refractivity contribution in [2.45, 2.75) is 66.8 Å². The molecule has 8 heterocycles. The molecule has 0 saturated carbocycles. The Morgan fingerprint density at radius 3 is 2.24 bits per heavy atom. The Balaban J connectivity index is 1.25. The standard InChI is InChI=1S/C39H43N15O5/c1-5-52-30-28(21(3)47-52)54-22(4)48-53(6-2)36(54)35(58)46-38-44-27-15-24(32(41)56)16-42-33(27)51(38)11-8-7-10-50-29-25(17-49-12-9-39(18-49)19-59-20-39)13-23(31(40)55)14-26(29)43-37(50)45-34(30)57/h7-8,13-16H,5-6,9-12,17-20H2,1-4H3,(H5-,40,41,43,44,45,46,55,56,57,58)/p+1/b8-7+. The smallest absolute Gasteiger partial charge is 0.331 e. The first-order valence-corrected chi connectivity index (χ1v) is 19.5. The second kappa shape index (κ2) is 14.2. The van der Waals surface area contributed by atoms with E-state index in [2.05, 4.69) is 25.6 Å². The summed E-state index contributed by atoms with van der Waals surface area (Å²) in [5.41, 5.74) is 15.9. The monoisotopic (exact) mass is 802 g/mol. The van der Waals surface area contributed by atoms with Gasteiger partial charge in [0, 0.05) is 61.9 Å². The number of aryl methyl sites for hydroxylation is 4. The predicted octanol–water partition coefficient (Wildman–Crippen LogP) is 1.60. The van der Waals surface area contributed by atoms with Gasteiger partial charge in [0.25, 0.3) is 11.7 Å². The Morgan fingerprint density at radius 1 is 0.881 bits per heavy atom.